The topological polar surface area (TPSA) is 24.1 Å². The van der Waals surface area contributed by atoms with Gasteiger partial charge in [-0.05, 0) is 20.4 Å². The van der Waals surface area contributed by atoms with Crippen molar-refractivity contribution in [3.8, 4) is 0 Å². The molecule has 0 rings (SSSR count). The highest BCUT2D eigenvalue weighted by atomic mass is 14.9. The molecule has 0 aromatic heterocycles. The molecule has 2 nitrogen and oxygen atoms in total. The van der Waals surface area contributed by atoms with Gasteiger partial charge >= 0.3 is 0 Å². The molecule has 56 valence electrons. The van der Waals surface area contributed by atoms with Gasteiger partial charge in [-0.25, -0.2) is 0 Å². The monoisotopic (exact) mass is 130 g/mol. The molecule has 0 bridgehead atoms. The molecule has 9 heavy (non-hydrogen) atoms. The zero-order chi connectivity index (χ0) is 7.11. The second-order valence-corrected chi connectivity index (χ2v) is 2.37. The van der Waals surface area contributed by atoms with E-state index in [-0.39, 0.29) is 0 Å². The minimum Gasteiger partial charge on any atom is -0.318 e. The normalized spacial score (nSPS) is 13.7. The van der Waals surface area contributed by atoms with Crippen molar-refractivity contribution in [1.82, 2.24) is 10.6 Å². The molecule has 0 amide bonds. The van der Waals surface area contributed by atoms with Crippen molar-refractivity contribution in [2.24, 2.45) is 0 Å². The number of likely N-dealkylation sites (N-methyl/N-ethyl adjacent to an activating group) is 1. The highest BCUT2D eigenvalue weighted by Crippen LogP contribution is 1.84. The smallest absolute Gasteiger partial charge is 0.00790 e. The highest BCUT2D eigenvalue weighted by Gasteiger charge is 1.93. The molecule has 0 aromatic rings. The average molecular weight is 130 g/mol. The summed E-state index contributed by atoms with van der Waals surface area (Å²) in [4.78, 5) is 0. The maximum atomic E-state index is 3.37. The van der Waals surface area contributed by atoms with Gasteiger partial charge < -0.3 is 10.6 Å². The number of rotatable bonds is 5. The van der Waals surface area contributed by atoms with Crippen molar-refractivity contribution in [2.75, 3.05) is 20.1 Å². The fourth-order valence-electron chi connectivity index (χ4n) is 0.588. The first-order chi connectivity index (χ1) is 4.31. The van der Waals surface area contributed by atoms with Crippen LogP contribution >= 0.6 is 0 Å². The maximum absolute atomic E-state index is 3.37. The van der Waals surface area contributed by atoms with E-state index in [4.69, 9.17) is 0 Å². The van der Waals surface area contributed by atoms with Gasteiger partial charge in [0, 0.05) is 19.1 Å². The van der Waals surface area contributed by atoms with Crippen LogP contribution in [0.5, 0.6) is 0 Å². The van der Waals surface area contributed by atoms with Gasteiger partial charge in [-0.15, -0.1) is 0 Å². The van der Waals surface area contributed by atoms with Crippen LogP contribution in [0.3, 0.4) is 0 Å². The van der Waals surface area contributed by atoms with Crippen molar-refractivity contribution in [3.63, 3.8) is 0 Å². The van der Waals surface area contributed by atoms with Crippen LogP contribution in [0.4, 0.5) is 0 Å². The molecule has 2 N–H and O–H groups in total. The Labute approximate surface area is 58.0 Å². The van der Waals surface area contributed by atoms with Crippen LogP contribution in [0.25, 0.3) is 0 Å². The Balaban J connectivity index is 2.88. The summed E-state index contributed by atoms with van der Waals surface area (Å²) in [6.07, 6.45) is 1.21. The van der Waals surface area contributed by atoms with E-state index in [1.807, 2.05) is 7.05 Å². The lowest BCUT2D eigenvalue weighted by atomic mass is 10.3. The van der Waals surface area contributed by atoms with Crippen molar-refractivity contribution in [2.45, 2.75) is 26.3 Å². The molecule has 0 radical (unpaired) electrons. The maximum Gasteiger partial charge on any atom is 0.00790 e. The first-order valence-electron chi connectivity index (χ1n) is 3.69. The van der Waals surface area contributed by atoms with Crippen LogP contribution < -0.4 is 10.6 Å². The summed E-state index contributed by atoms with van der Waals surface area (Å²) < 4.78 is 0. The molecule has 0 aromatic carbocycles. The van der Waals surface area contributed by atoms with Crippen molar-refractivity contribution >= 4 is 0 Å². The lowest BCUT2D eigenvalue weighted by Crippen LogP contribution is -2.31. The average Bonchev–Trinajstić information content (AvgIpc) is 1.89. The zero-order valence-electron chi connectivity index (χ0n) is 6.70. The summed E-state index contributed by atoms with van der Waals surface area (Å²) in [7, 11) is 1.97. The lowest BCUT2D eigenvalue weighted by molar-refractivity contribution is 0.528. The summed E-state index contributed by atoms with van der Waals surface area (Å²) in [6, 6.07) is 0.665. The van der Waals surface area contributed by atoms with Crippen LogP contribution in [0, 0.1) is 0 Å². The predicted molar refractivity (Wildman–Crippen MR) is 41.7 cm³/mol. The van der Waals surface area contributed by atoms with Gasteiger partial charge in [-0.3, -0.25) is 0 Å². The minimum atomic E-state index is 0.665. The molecule has 0 aliphatic carbocycles. The molecular formula is C7H18N2. The largest absolute Gasteiger partial charge is 0.318 e. The molecule has 0 aliphatic rings. The fraction of sp³-hybridized carbons (Fsp3) is 1.00. The summed E-state index contributed by atoms with van der Waals surface area (Å²) in [5.74, 6) is 0. The van der Waals surface area contributed by atoms with E-state index in [0.29, 0.717) is 6.04 Å². The van der Waals surface area contributed by atoms with Crippen LogP contribution in [-0.2, 0) is 0 Å². The molecule has 0 spiro atoms. The molecule has 2 heteroatoms. The SMILES string of the molecule is CC[C@@H](C)NCCNC. The third kappa shape index (κ3) is 5.80. The fourth-order valence-corrected chi connectivity index (χ4v) is 0.588. The molecule has 0 aliphatic heterocycles. The Bertz CT molecular complexity index is 54.9. The molecule has 0 saturated carbocycles. The standard InChI is InChI=1S/C7H18N2/c1-4-7(2)9-6-5-8-3/h7-9H,4-6H2,1-3H3/t7-/m1/s1. The predicted octanol–water partition coefficient (Wildman–Crippen LogP) is 0.594. The first-order valence-corrected chi connectivity index (χ1v) is 3.69. The van der Waals surface area contributed by atoms with Crippen LogP contribution in [-0.4, -0.2) is 26.2 Å². The Morgan fingerprint density at radius 3 is 2.44 bits per heavy atom. The Morgan fingerprint density at radius 2 is 2.00 bits per heavy atom. The van der Waals surface area contributed by atoms with E-state index in [0.717, 1.165) is 13.1 Å². The molecule has 1 atom stereocenters. The van der Waals surface area contributed by atoms with Gasteiger partial charge in [0.15, 0.2) is 0 Å². The van der Waals surface area contributed by atoms with Crippen molar-refractivity contribution in [1.29, 1.82) is 0 Å². The first kappa shape index (κ1) is 8.92. The lowest BCUT2D eigenvalue weighted by Gasteiger charge is -2.09. The van der Waals surface area contributed by atoms with Crippen molar-refractivity contribution in [3.05, 3.63) is 0 Å². The van der Waals surface area contributed by atoms with E-state index in [2.05, 4.69) is 24.5 Å². The van der Waals surface area contributed by atoms with Crippen molar-refractivity contribution < 1.29 is 0 Å². The number of nitrogens with one attached hydrogen (secondary N) is 2. The third-order valence-corrected chi connectivity index (χ3v) is 1.48. The van der Waals surface area contributed by atoms with Gasteiger partial charge in [0.1, 0.15) is 0 Å². The zero-order valence-corrected chi connectivity index (χ0v) is 6.70. The molecule has 0 unspecified atom stereocenters. The molecule has 0 saturated heterocycles. The molecule has 0 fully saturated rings. The molecule has 0 heterocycles. The quantitative estimate of drug-likeness (QED) is 0.532. The Morgan fingerprint density at radius 1 is 1.33 bits per heavy atom. The van der Waals surface area contributed by atoms with Gasteiger partial charge in [-0.1, -0.05) is 6.92 Å². The van der Waals surface area contributed by atoms with E-state index < -0.39 is 0 Å². The molecular weight excluding hydrogens is 112 g/mol. The van der Waals surface area contributed by atoms with E-state index in [1.54, 1.807) is 0 Å². The third-order valence-electron chi connectivity index (χ3n) is 1.48. The minimum absolute atomic E-state index is 0.665. The van der Waals surface area contributed by atoms with Gasteiger partial charge in [0.25, 0.3) is 0 Å². The van der Waals surface area contributed by atoms with Gasteiger partial charge in [-0.2, -0.15) is 0 Å². The summed E-state index contributed by atoms with van der Waals surface area (Å²) >= 11 is 0. The van der Waals surface area contributed by atoms with Crippen LogP contribution in [0.2, 0.25) is 0 Å². The number of hydrogen-bond donors (Lipinski definition) is 2. The Hall–Kier alpha value is -0.0800. The van der Waals surface area contributed by atoms with E-state index >= 15 is 0 Å². The van der Waals surface area contributed by atoms with Crippen LogP contribution in [0.15, 0.2) is 0 Å². The van der Waals surface area contributed by atoms with Crippen LogP contribution in [0.1, 0.15) is 20.3 Å². The Kier molecular flexibility index (Phi) is 5.99. The highest BCUT2D eigenvalue weighted by molar-refractivity contribution is 4.57. The summed E-state index contributed by atoms with van der Waals surface area (Å²) in [5, 5.41) is 6.46. The number of hydrogen-bond acceptors (Lipinski definition) is 2. The van der Waals surface area contributed by atoms with E-state index in [9.17, 15) is 0 Å². The van der Waals surface area contributed by atoms with E-state index in [1.165, 1.54) is 6.42 Å². The van der Waals surface area contributed by atoms with Gasteiger partial charge in [0.2, 0.25) is 0 Å². The second kappa shape index (κ2) is 6.05. The second-order valence-electron chi connectivity index (χ2n) is 2.37. The summed E-state index contributed by atoms with van der Waals surface area (Å²) in [5.41, 5.74) is 0. The summed E-state index contributed by atoms with van der Waals surface area (Å²) in [6.45, 7) is 6.53. The van der Waals surface area contributed by atoms with Gasteiger partial charge in [0.05, 0.1) is 0 Å².